The van der Waals surface area contributed by atoms with Crippen molar-refractivity contribution in [3.05, 3.63) is 0 Å². The molecule has 0 aromatic heterocycles. The van der Waals surface area contributed by atoms with Crippen molar-refractivity contribution in [2.45, 2.75) is 33.1 Å². The minimum atomic E-state index is -2.98. The summed E-state index contributed by atoms with van der Waals surface area (Å²) in [6.45, 7) is 4.09. The van der Waals surface area contributed by atoms with E-state index in [9.17, 15) is 13.2 Å². The van der Waals surface area contributed by atoms with Gasteiger partial charge in [0.25, 0.3) is 0 Å². The zero-order valence-corrected chi connectivity index (χ0v) is 9.36. The topological polar surface area (TPSA) is 51.2 Å². The fraction of sp³-hybridized carbons (Fsp3) is 0.889. The van der Waals surface area contributed by atoms with Crippen LogP contribution in [-0.4, -0.2) is 26.2 Å². The highest BCUT2D eigenvalue weighted by Gasteiger charge is 2.08. The van der Waals surface area contributed by atoms with Crippen molar-refractivity contribution in [1.29, 1.82) is 0 Å². The smallest absolute Gasteiger partial charge is 0.147 e. The van der Waals surface area contributed by atoms with E-state index >= 15 is 0 Å². The monoisotopic (exact) mass is 206 g/mol. The van der Waals surface area contributed by atoms with Gasteiger partial charge in [-0.25, -0.2) is 8.42 Å². The van der Waals surface area contributed by atoms with Crippen LogP contribution in [0.3, 0.4) is 0 Å². The molecular weight excluding hydrogens is 188 g/mol. The van der Waals surface area contributed by atoms with Gasteiger partial charge in [-0.3, -0.25) is 4.79 Å². The lowest BCUT2D eigenvalue weighted by Crippen LogP contribution is -2.09. The number of carbonyl (C=O) groups excluding carboxylic acids is 1. The molecule has 4 heteroatoms. The molecule has 13 heavy (non-hydrogen) atoms. The lowest BCUT2D eigenvalue weighted by Gasteiger charge is -2.02. The van der Waals surface area contributed by atoms with Gasteiger partial charge in [-0.05, 0) is 12.3 Å². The first kappa shape index (κ1) is 12.6. The van der Waals surface area contributed by atoms with E-state index in [-0.39, 0.29) is 18.0 Å². The van der Waals surface area contributed by atoms with Crippen LogP contribution in [0.1, 0.15) is 33.1 Å². The third-order valence-electron chi connectivity index (χ3n) is 1.75. The third-order valence-corrected chi connectivity index (χ3v) is 2.70. The Hall–Kier alpha value is -0.380. The van der Waals surface area contributed by atoms with Crippen LogP contribution in [0.5, 0.6) is 0 Å². The highest BCUT2D eigenvalue weighted by Crippen LogP contribution is 2.05. The van der Waals surface area contributed by atoms with Gasteiger partial charge in [-0.15, -0.1) is 0 Å². The Balaban J connectivity index is 3.65. The van der Waals surface area contributed by atoms with Gasteiger partial charge in [-0.1, -0.05) is 13.8 Å². The van der Waals surface area contributed by atoms with Gasteiger partial charge in [0, 0.05) is 19.1 Å². The molecule has 0 N–H and O–H groups in total. The second-order valence-electron chi connectivity index (χ2n) is 3.85. The van der Waals surface area contributed by atoms with E-state index in [1.807, 2.05) is 13.8 Å². The average Bonchev–Trinajstić information content (AvgIpc) is 1.95. The molecule has 3 nitrogen and oxygen atoms in total. The largest absolute Gasteiger partial charge is 0.300 e. The lowest BCUT2D eigenvalue weighted by molar-refractivity contribution is -0.118. The molecule has 0 saturated carbocycles. The van der Waals surface area contributed by atoms with Gasteiger partial charge in [0.2, 0.25) is 0 Å². The van der Waals surface area contributed by atoms with Crippen LogP contribution < -0.4 is 0 Å². The van der Waals surface area contributed by atoms with E-state index in [4.69, 9.17) is 0 Å². The number of hydrogen-bond acceptors (Lipinski definition) is 3. The maximum Gasteiger partial charge on any atom is 0.147 e. The molecule has 0 aliphatic carbocycles. The summed E-state index contributed by atoms with van der Waals surface area (Å²) in [5.74, 6) is 0.547. The van der Waals surface area contributed by atoms with Crippen LogP contribution >= 0.6 is 0 Å². The van der Waals surface area contributed by atoms with E-state index in [0.29, 0.717) is 12.3 Å². The summed E-state index contributed by atoms with van der Waals surface area (Å²) in [6.07, 6.45) is 2.68. The van der Waals surface area contributed by atoms with E-state index in [0.717, 1.165) is 12.7 Å². The number of sulfone groups is 1. The predicted octanol–water partition coefficient (Wildman–Crippen LogP) is 1.43. The lowest BCUT2D eigenvalue weighted by atomic mass is 10.1. The first-order valence-corrected chi connectivity index (χ1v) is 6.56. The molecule has 0 aliphatic heterocycles. The van der Waals surface area contributed by atoms with Crippen LogP contribution in [0.25, 0.3) is 0 Å². The quantitative estimate of drug-likeness (QED) is 0.660. The first-order chi connectivity index (χ1) is 5.81. The molecule has 0 unspecified atom stereocenters. The summed E-state index contributed by atoms with van der Waals surface area (Å²) in [5, 5.41) is 0. The molecule has 0 heterocycles. The molecule has 0 radical (unpaired) electrons. The normalized spacial score (nSPS) is 12.0. The van der Waals surface area contributed by atoms with Crippen molar-refractivity contribution < 1.29 is 13.2 Å². The zero-order valence-electron chi connectivity index (χ0n) is 8.54. The van der Waals surface area contributed by atoms with Crippen molar-refractivity contribution in [2.75, 3.05) is 12.0 Å². The third kappa shape index (κ3) is 9.53. The molecule has 78 valence electrons. The number of hydrogen-bond donors (Lipinski definition) is 0. The van der Waals surface area contributed by atoms with Crippen LogP contribution in [0.2, 0.25) is 0 Å². The van der Waals surface area contributed by atoms with E-state index in [1.54, 1.807) is 0 Å². The van der Waals surface area contributed by atoms with E-state index < -0.39 is 9.84 Å². The summed E-state index contributed by atoms with van der Waals surface area (Å²) in [5.41, 5.74) is 0. The standard InChI is InChI=1S/C9H18O3S/c1-8(2)4-5-9(10)6-7-13(3,11)12/h8H,4-7H2,1-3H3. The van der Waals surface area contributed by atoms with Gasteiger partial charge in [-0.2, -0.15) is 0 Å². The minimum absolute atomic E-state index is 0.00999. The summed E-state index contributed by atoms with van der Waals surface area (Å²) in [6, 6.07) is 0. The van der Waals surface area contributed by atoms with E-state index in [1.165, 1.54) is 0 Å². The summed E-state index contributed by atoms with van der Waals surface area (Å²) in [7, 11) is -2.98. The Bertz CT molecular complexity index is 252. The van der Waals surface area contributed by atoms with Crippen LogP contribution in [0, 0.1) is 5.92 Å². The Morgan fingerprint density at radius 1 is 1.23 bits per heavy atom. The maximum absolute atomic E-state index is 11.1. The van der Waals surface area contributed by atoms with Crippen molar-refractivity contribution in [3.8, 4) is 0 Å². The van der Waals surface area contributed by atoms with Gasteiger partial charge >= 0.3 is 0 Å². The van der Waals surface area contributed by atoms with Crippen molar-refractivity contribution >= 4 is 15.6 Å². The molecule has 0 aromatic carbocycles. The van der Waals surface area contributed by atoms with Crippen molar-refractivity contribution in [2.24, 2.45) is 5.92 Å². The average molecular weight is 206 g/mol. The number of ketones is 1. The number of Topliss-reactive ketones (excluding diaryl/α,β-unsaturated/α-hetero) is 1. The highest BCUT2D eigenvalue weighted by molar-refractivity contribution is 7.90. The predicted molar refractivity (Wildman–Crippen MR) is 53.4 cm³/mol. The Morgan fingerprint density at radius 3 is 2.15 bits per heavy atom. The summed E-state index contributed by atoms with van der Waals surface area (Å²) < 4.78 is 21.4. The van der Waals surface area contributed by atoms with Gasteiger partial charge in [0.15, 0.2) is 0 Å². The number of carbonyl (C=O) groups is 1. The molecule has 0 fully saturated rings. The Kier molecular flexibility index (Phi) is 5.21. The van der Waals surface area contributed by atoms with Crippen molar-refractivity contribution in [1.82, 2.24) is 0 Å². The second-order valence-corrected chi connectivity index (χ2v) is 6.11. The highest BCUT2D eigenvalue weighted by atomic mass is 32.2. The van der Waals surface area contributed by atoms with Gasteiger partial charge in [0.1, 0.15) is 15.6 Å². The first-order valence-electron chi connectivity index (χ1n) is 4.50. The van der Waals surface area contributed by atoms with Crippen LogP contribution in [0.4, 0.5) is 0 Å². The molecule has 0 aliphatic rings. The summed E-state index contributed by atoms with van der Waals surface area (Å²) >= 11 is 0. The molecule has 0 bridgehead atoms. The van der Waals surface area contributed by atoms with Gasteiger partial charge in [0.05, 0.1) is 5.75 Å². The fourth-order valence-electron chi connectivity index (χ4n) is 0.874. The Labute approximate surface area is 80.4 Å². The molecule has 0 spiro atoms. The molecule has 0 rings (SSSR count). The van der Waals surface area contributed by atoms with E-state index in [2.05, 4.69) is 0 Å². The molecule has 0 aromatic rings. The second kappa shape index (κ2) is 5.37. The van der Waals surface area contributed by atoms with Crippen molar-refractivity contribution in [3.63, 3.8) is 0 Å². The zero-order chi connectivity index (χ0) is 10.5. The molecule has 0 atom stereocenters. The summed E-state index contributed by atoms with van der Waals surface area (Å²) in [4.78, 5) is 11.1. The minimum Gasteiger partial charge on any atom is -0.300 e. The van der Waals surface area contributed by atoms with Crippen LogP contribution in [-0.2, 0) is 14.6 Å². The maximum atomic E-state index is 11.1. The van der Waals surface area contributed by atoms with Gasteiger partial charge < -0.3 is 0 Å². The number of rotatable bonds is 6. The Morgan fingerprint density at radius 2 is 1.77 bits per heavy atom. The molecule has 0 amide bonds. The SMILES string of the molecule is CC(C)CCC(=O)CCS(C)(=O)=O. The van der Waals surface area contributed by atoms with Crippen LogP contribution in [0.15, 0.2) is 0 Å². The molecular formula is C9H18O3S. The molecule has 0 saturated heterocycles. The fourth-order valence-corrected chi connectivity index (χ4v) is 1.47.